The monoisotopic (exact) mass is 725 g/mol. The molecule has 8 rings (SSSR count). The molecule has 2 saturated carbocycles. The van der Waals surface area contributed by atoms with Crippen LogP contribution >= 0.6 is 0 Å². The number of nitrogens with one attached hydrogen (secondary N) is 2. The summed E-state index contributed by atoms with van der Waals surface area (Å²) in [5.74, 6) is 0.465. The van der Waals surface area contributed by atoms with Crippen molar-refractivity contribution in [3.63, 3.8) is 0 Å². The number of amides is 2. The van der Waals surface area contributed by atoms with E-state index in [-0.39, 0.29) is 22.9 Å². The van der Waals surface area contributed by atoms with Crippen molar-refractivity contribution in [3.05, 3.63) is 60.7 Å². The molecule has 2 aromatic rings. The third-order valence-corrected chi connectivity index (χ3v) is 14.0. The molecule has 0 aromatic heterocycles. The van der Waals surface area contributed by atoms with Crippen molar-refractivity contribution in [2.75, 3.05) is 49.3 Å². The summed E-state index contributed by atoms with van der Waals surface area (Å²) in [4.78, 5) is 35.7. The second-order valence-corrected chi connectivity index (χ2v) is 17.0. The molecule has 2 aromatic carbocycles. The summed E-state index contributed by atoms with van der Waals surface area (Å²) < 4.78 is 0. The van der Waals surface area contributed by atoms with E-state index in [0.29, 0.717) is 13.3 Å². The first-order valence-electron chi connectivity index (χ1n) is 21.8. The van der Waals surface area contributed by atoms with Crippen LogP contribution in [0.15, 0.2) is 60.7 Å². The van der Waals surface area contributed by atoms with Crippen molar-refractivity contribution in [3.8, 4) is 0 Å². The zero-order chi connectivity index (χ0) is 36.4. The highest BCUT2D eigenvalue weighted by molar-refractivity contribution is 5.94. The van der Waals surface area contributed by atoms with Crippen LogP contribution < -0.4 is 20.4 Å². The number of rotatable bonds is 4. The van der Waals surface area contributed by atoms with Crippen molar-refractivity contribution in [1.29, 1.82) is 0 Å². The Morgan fingerprint density at radius 2 is 0.736 bits per heavy atom. The first kappa shape index (κ1) is 38.2. The van der Waals surface area contributed by atoms with Crippen molar-refractivity contribution < 1.29 is 9.59 Å². The van der Waals surface area contributed by atoms with Crippen molar-refractivity contribution in [1.82, 2.24) is 20.4 Å². The van der Waals surface area contributed by atoms with Crippen LogP contribution in [0.3, 0.4) is 0 Å². The SMILES string of the molecule is O=C1NCN(c2ccccc2)C12CCN(C1CCCCCCCC1)CC2.O=C1NCN(c2ccccc2)C12CCN(C1CCCCCCCCC1)CC2. The lowest BCUT2D eigenvalue weighted by Crippen LogP contribution is -2.57. The highest BCUT2D eigenvalue weighted by Crippen LogP contribution is 2.39. The van der Waals surface area contributed by atoms with Gasteiger partial charge in [0.1, 0.15) is 11.1 Å². The fraction of sp³-hybridized carbons (Fsp3) is 0.689. The van der Waals surface area contributed by atoms with Crippen molar-refractivity contribution in [2.45, 2.75) is 158 Å². The Bertz CT molecular complexity index is 1400. The average molecular weight is 725 g/mol. The Morgan fingerprint density at radius 3 is 1.06 bits per heavy atom. The molecule has 4 aliphatic heterocycles. The van der Waals surface area contributed by atoms with Gasteiger partial charge in [-0.3, -0.25) is 9.59 Å². The van der Waals surface area contributed by atoms with Gasteiger partial charge in [-0.15, -0.1) is 0 Å². The summed E-state index contributed by atoms with van der Waals surface area (Å²) in [6, 6.07) is 22.4. The molecule has 2 amide bonds. The second-order valence-electron chi connectivity index (χ2n) is 17.0. The minimum absolute atomic E-state index is 0.232. The predicted octanol–water partition coefficient (Wildman–Crippen LogP) is 8.23. The maximum absolute atomic E-state index is 12.8. The van der Waals surface area contributed by atoms with E-state index in [4.69, 9.17) is 0 Å². The Hall–Kier alpha value is -3.10. The van der Waals surface area contributed by atoms with Gasteiger partial charge >= 0.3 is 0 Å². The third kappa shape index (κ3) is 8.91. The highest BCUT2D eigenvalue weighted by atomic mass is 16.2. The van der Waals surface area contributed by atoms with Crippen LogP contribution in [0, 0.1) is 0 Å². The predicted molar refractivity (Wildman–Crippen MR) is 217 cm³/mol. The van der Waals surface area contributed by atoms with E-state index in [9.17, 15) is 9.59 Å². The summed E-state index contributed by atoms with van der Waals surface area (Å²) in [5.41, 5.74) is 1.66. The van der Waals surface area contributed by atoms with E-state index in [1.807, 2.05) is 12.1 Å². The van der Waals surface area contributed by atoms with E-state index < -0.39 is 0 Å². The Morgan fingerprint density at radius 1 is 0.434 bits per heavy atom. The summed E-state index contributed by atoms with van der Waals surface area (Å²) in [5, 5.41) is 6.24. The smallest absolute Gasteiger partial charge is 0.247 e. The number of benzene rings is 2. The van der Waals surface area contributed by atoms with Crippen LogP contribution in [0.2, 0.25) is 0 Å². The molecule has 8 nitrogen and oxygen atoms in total. The molecule has 290 valence electrons. The topological polar surface area (TPSA) is 71.2 Å². The molecule has 2 N–H and O–H groups in total. The molecule has 0 radical (unpaired) electrons. The van der Waals surface area contributed by atoms with Gasteiger partial charge in [-0.25, -0.2) is 0 Å². The summed E-state index contributed by atoms with van der Waals surface area (Å²) >= 11 is 0. The maximum atomic E-state index is 12.8. The molecule has 4 heterocycles. The molecule has 8 heteroatoms. The van der Waals surface area contributed by atoms with E-state index in [1.165, 1.54) is 121 Å². The zero-order valence-corrected chi connectivity index (χ0v) is 32.6. The van der Waals surface area contributed by atoms with E-state index in [2.05, 4.69) is 78.8 Å². The van der Waals surface area contributed by atoms with Gasteiger partial charge in [-0.2, -0.15) is 0 Å². The van der Waals surface area contributed by atoms with E-state index in [0.717, 1.165) is 63.9 Å². The standard InChI is InChI=1S/C23H35N3O.C22H33N3O/c27-22-23(26(19-24-22)21-13-9-6-10-14-21)15-17-25(18-16-23)20-11-7-4-2-1-3-5-8-12-20;26-21-22(25(18-23-21)20-12-8-5-9-13-20)14-16-24(17-15-22)19-10-6-3-1-2-4-7-11-19/h6,9-10,13-14,20H,1-5,7-8,11-12,15-19H2,(H,24,27);5,8-9,12-13,19H,1-4,6-7,10-11,14-18H2,(H,23,26). The number of carbonyl (C=O) groups is 2. The van der Waals surface area contributed by atoms with Crippen LogP contribution in [0.1, 0.15) is 135 Å². The number of likely N-dealkylation sites (tertiary alicyclic amines) is 2. The minimum atomic E-state index is -0.339. The molecule has 0 unspecified atom stereocenters. The van der Waals surface area contributed by atoms with Gasteiger partial charge in [-0.1, -0.05) is 120 Å². The van der Waals surface area contributed by atoms with Gasteiger partial charge in [0.2, 0.25) is 11.8 Å². The molecular formula is C45H68N6O2. The number of anilines is 2. The first-order valence-corrected chi connectivity index (χ1v) is 21.8. The number of hydrogen-bond acceptors (Lipinski definition) is 6. The van der Waals surface area contributed by atoms with Gasteiger partial charge < -0.3 is 30.2 Å². The van der Waals surface area contributed by atoms with Crippen LogP contribution in [0.5, 0.6) is 0 Å². The summed E-state index contributed by atoms with van der Waals surface area (Å²) in [6.45, 7) is 5.52. The molecule has 0 atom stereocenters. The number of piperidine rings is 2. The van der Waals surface area contributed by atoms with E-state index >= 15 is 0 Å². The number of carbonyl (C=O) groups excluding carboxylic acids is 2. The number of para-hydroxylation sites is 2. The fourth-order valence-corrected chi connectivity index (χ4v) is 10.7. The number of nitrogens with zero attached hydrogens (tertiary/aromatic N) is 4. The third-order valence-electron chi connectivity index (χ3n) is 14.0. The Labute approximate surface area is 320 Å². The molecule has 53 heavy (non-hydrogen) atoms. The normalized spacial score (nSPS) is 25.5. The molecule has 6 fully saturated rings. The second kappa shape index (κ2) is 18.5. The minimum Gasteiger partial charge on any atom is -0.339 e. The molecule has 4 saturated heterocycles. The number of hydrogen-bond donors (Lipinski definition) is 2. The molecule has 0 bridgehead atoms. The fourth-order valence-electron chi connectivity index (χ4n) is 10.7. The Balaban J connectivity index is 0.000000164. The molecule has 6 aliphatic rings. The van der Waals surface area contributed by atoms with Crippen LogP contribution in [-0.4, -0.2) is 84.3 Å². The lowest BCUT2D eigenvalue weighted by Gasteiger charge is -2.45. The zero-order valence-electron chi connectivity index (χ0n) is 32.6. The lowest BCUT2D eigenvalue weighted by molar-refractivity contribution is -0.126. The maximum Gasteiger partial charge on any atom is 0.247 e. The van der Waals surface area contributed by atoms with Gasteiger partial charge in [0.25, 0.3) is 0 Å². The van der Waals surface area contributed by atoms with Gasteiger partial charge in [-0.05, 0) is 75.6 Å². The molecular weight excluding hydrogens is 657 g/mol. The van der Waals surface area contributed by atoms with Gasteiger partial charge in [0.05, 0.1) is 13.3 Å². The summed E-state index contributed by atoms with van der Waals surface area (Å²) in [6.07, 6.45) is 27.4. The quantitative estimate of drug-likeness (QED) is 0.331. The highest BCUT2D eigenvalue weighted by Gasteiger charge is 2.52. The lowest BCUT2D eigenvalue weighted by atomic mass is 9.84. The van der Waals surface area contributed by atoms with Crippen LogP contribution in [0.4, 0.5) is 11.4 Å². The largest absolute Gasteiger partial charge is 0.339 e. The van der Waals surface area contributed by atoms with Crippen LogP contribution in [0.25, 0.3) is 0 Å². The molecule has 2 aliphatic carbocycles. The van der Waals surface area contributed by atoms with Crippen molar-refractivity contribution in [2.24, 2.45) is 0 Å². The van der Waals surface area contributed by atoms with Gasteiger partial charge in [0.15, 0.2) is 0 Å². The van der Waals surface area contributed by atoms with Crippen molar-refractivity contribution >= 4 is 23.2 Å². The molecule has 2 spiro atoms. The van der Waals surface area contributed by atoms with E-state index in [1.54, 1.807) is 0 Å². The van der Waals surface area contributed by atoms with Gasteiger partial charge in [0, 0.05) is 49.6 Å². The Kier molecular flexibility index (Phi) is 13.3. The summed E-state index contributed by atoms with van der Waals surface area (Å²) in [7, 11) is 0. The van der Waals surface area contributed by atoms with Crippen LogP contribution in [-0.2, 0) is 9.59 Å². The first-order chi connectivity index (χ1) is 26.1. The average Bonchev–Trinajstić information content (AvgIpc) is 3.74.